The summed E-state index contributed by atoms with van der Waals surface area (Å²) in [6, 6.07) is 0. The lowest BCUT2D eigenvalue weighted by molar-refractivity contribution is 0.429. The molecule has 0 fully saturated rings. The minimum atomic E-state index is 0.410. The van der Waals surface area contributed by atoms with Crippen LogP contribution in [0.15, 0.2) is 11.6 Å². The molecule has 0 saturated heterocycles. The van der Waals surface area contributed by atoms with Crippen LogP contribution in [-0.2, 0) is 0 Å². The van der Waals surface area contributed by atoms with Gasteiger partial charge in [-0.25, -0.2) is 0 Å². The van der Waals surface area contributed by atoms with Crippen LogP contribution in [0.25, 0.3) is 0 Å². The van der Waals surface area contributed by atoms with Gasteiger partial charge in [-0.05, 0) is 25.7 Å². The molecule has 0 aliphatic carbocycles. The molecular formula is C10H20. The molecule has 60 valence electrons. The fraction of sp³-hybridized carbons (Fsp3) is 0.800. The second kappa shape index (κ2) is 3.80. The second-order valence-electron chi connectivity index (χ2n) is 3.96. The standard InChI is InChI=1S/C10H20/c1-6-7-10(4,5)8-9(2)3/h8H,6-7H2,1-5H3. The van der Waals surface area contributed by atoms with Crippen LogP contribution in [0.2, 0.25) is 0 Å². The number of hydrogen-bond donors (Lipinski definition) is 0. The lowest BCUT2D eigenvalue weighted by Crippen LogP contribution is -2.06. The zero-order chi connectivity index (χ0) is 8.20. The predicted octanol–water partition coefficient (Wildman–Crippen LogP) is 3.78. The van der Waals surface area contributed by atoms with E-state index < -0.39 is 0 Å². The van der Waals surface area contributed by atoms with E-state index in [1.807, 2.05) is 0 Å². The molecule has 0 aromatic rings. The van der Waals surface area contributed by atoms with Crippen molar-refractivity contribution < 1.29 is 0 Å². The van der Waals surface area contributed by atoms with Crippen LogP contribution >= 0.6 is 0 Å². The van der Waals surface area contributed by atoms with Crippen molar-refractivity contribution in [1.29, 1.82) is 0 Å². The first-order chi connectivity index (χ1) is 4.48. The molecule has 0 unspecified atom stereocenters. The van der Waals surface area contributed by atoms with Crippen molar-refractivity contribution in [1.82, 2.24) is 0 Å². The third-order valence-electron chi connectivity index (χ3n) is 1.57. The van der Waals surface area contributed by atoms with Gasteiger partial charge >= 0.3 is 0 Å². The molecule has 0 saturated carbocycles. The summed E-state index contributed by atoms with van der Waals surface area (Å²) in [5.74, 6) is 0. The topological polar surface area (TPSA) is 0 Å². The van der Waals surface area contributed by atoms with Crippen LogP contribution in [0.1, 0.15) is 47.5 Å². The first-order valence-electron chi connectivity index (χ1n) is 4.14. The monoisotopic (exact) mass is 140 g/mol. The fourth-order valence-corrected chi connectivity index (χ4v) is 1.50. The quantitative estimate of drug-likeness (QED) is 0.523. The van der Waals surface area contributed by atoms with Crippen molar-refractivity contribution in [2.24, 2.45) is 5.41 Å². The lowest BCUT2D eigenvalue weighted by Gasteiger charge is -2.19. The van der Waals surface area contributed by atoms with Gasteiger partial charge in [-0.15, -0.1) is 0 Å². The van der Waals surface area contributed by atoms with Gasteiger partial charge in [0.2, 0.25) is 0 Å². The van der Waals surface area contributed by atoms with Gasteiger partial charge in [-0.2, -0.15) is 0 Å². The summed E-state index contributed by atoms with van der Waals surface area (Å²) in [5.41, 5.74) is 1.84. The highest BCUT2D eigenvalue weighted by Gasteiger charge is 2.11. The molecule has 10 heavy (non-hydrogen) atoms. The molecule has 0 aliphatic rings. The number of rotatable bonds is 3. The Labute approximate surface area is 65.3 Å². The van der Waals surface area contributed by atoms with Gasteiger partial charge in [-0.3, -0.25) is 0 Å². The molecule has 0 radical (unpaired) electrons. The Bertz CT molecular complexity index is 114. The van der Waals surface area contributed by atoms with E-state index in [2.05, 4.69) is 40.7 Å². The number of hydrogen-bond acceptors (Lipinski definition) is 0. The molecule has 0 bridgehead atoms. The lowest BCUT2D eigenvalue weighted by atomic mass is 9.86. The van der Waals surface area contributed by atoms with E-state index in [1.54, 1.807) is 0 Å². The van der Waals surface area contributed by atoms with Gasteiger partial charge in [0.05, 0.1) is 0 Å². The molecule has 0 atom stereocenters. The normalized spacial score (nSPS) is 11.3. The highest BCUT2D eigenvalue weighted by atomic mass is 14.2. The zero-order valence-electron chi connectivity index (χ0n) is 7.99. The van der Waals surface area contributed by atoms with E-state index >= 15 is 0 Å². The van der Waals surface area contributed by atoms with Crippen molar-refractivity contribution >= 4 is 0 Å². The molecule has 0 heteroatoms. The smallest absolute Gasteiger partial charge is 0.0172 e. The average molecular weight is 140 g/mol. The Balaban J connectivity index is 3.98. The summed E-state index contributed by atoms with van der Waals surface area (Å²) in [4.78, 5) is 0. The van der Waals surface area contributed by atoms with E-state index in [0.29, 0.717) is 5.41 Å². The molecular weight excluding hydrogens is 120 g/mol. The Morgan fingerprint density at radius 3 is 2.10 bits per heavy atom. The first-order valence-corrected chi connectivity index (χ1v) is 4.14. The van der Waals surface area contributed by atoms with Gasteiger partial charge in [0, 0.05) is 0 Å². The maximum Gasteiger partial charge on any atom is -0.0172 e. The van der Waals surface area contributed by atoms with Crippen LogP contribution < -0.4 is 0 Å². The van der Waals surface area contributed by atoms with Crippen LogP contribution in [0.4, 0.5) is 0 Å². The van der Waals surface area contributed by atoms with Gasteiger partial charge in [0.1, 0.15) is 0 Å². The minimum absolute atomic E-state index is 0.410. The molecule has 0 N–H and O–H groups in total. The fourth-order valence-electron chi connectivity index (χ4n) is 1.50. The molecule has 0 nitrogen and oxygen atoms in total. The largest absolute Gasteiger partial charge is 0.0802 e. The third kappa shape index (κ3) is 4.60. The van der Waals surface area contributed by atoms with Gasteiger partial charge < -0.3 is 0 Å². The summed E-state index contributed by atoms with van der Waals surface area (Å²) < 4.78 is 0. The Morgan fingerprint density at radius 2 is 1.80 bits per heavy atom. The third-order valence-corrected chi connectivity index (χ3v) is 1.57. The molecule has 0 aliphatic heterocycles. The van der Waals surface area contributed by atoms with E-state index in [0.717, 1.165) is 0 Å². The van der Waals surface area contributed by atoms with Gasteiger partial charge in [0.15, 0.2) is 0 Å². The van der Waals surface area contributed by atoms with Gasteiger partial charge in [-0.1, -0.05) is 38.8 Å². The summed E-state index contributed by atoms with van der Waals surface area (Å²) in [6.07, 6.45) is 4.92. The minimum Gasteiger partial charge on any atom is -0.0802 e. The predicted molar refractivity (Wildman–Crippen MR) is 48.1 cm³/mol. The zero-order valence-corrected chi connectivity index (χ0v) is 7.99. The maximum absolute atomic E-state index is 2.36. The van der Waals surface area contributed by atoms with Crippen LogP contribution in [0.3, 0.4) is 0 Å². The van der Waals surface area contributed by atoms with Crippen LogP contribution in [0.5, 0.6) is 0 Å². The maximum atomic E-state index is 2.36. The highest BCUT2D eigenvalue weighted by Crippen LogP contribution is 2.24. The van der Waals surface area contributed by atoms with Crippen molar-refractivity contribution in [3.8, 4) is 0 Å². The van der Waals surface area contributed by atoms with Crippen molar-refractivity contribution in [3.63, 3.8) is 0 Å². The Hall–Kier alpha value is -0.260. The van der Waals surface area contributed by atoms with Crippen LogP contribution in [-0.4, -0.2) is 0 Å². The Morgan fingerprint density at radius 1 is 1.30 bits per heavy atom. The van der Waals surface area contributed by atoms with E-state index in [1.165, 1.54) is 18.4 Å². The summed E-state index contributed by atoms with van der Waals surface area (Å²) in [6.45, 7) is 11.2. The van der Waals surface area contributed by atoms with Crippen LogP contribution in [0, 0.1) is 5.41 Å². The SMILES string of the molecule is CCCC(C)(C)C=C(C)C. The molecule has 0 amide bonds. The average Bonchev–Trinajstić information content (AvgIpc) is 1.59. The molecule has 0 aromatic heterocycles. The van der Waals surface area contributed by atoms with Crippen molar-refractivity contribution in [2.45, 2.75) is 47.5 Å². The number of allylic oxidation sites excluding steroid dienone is 2. The van der Waals surface area contributed by atoms with Gasteiger partial charge in [0.25, 0.3) is 0 Å². The second-order valence-corrected chi connectivity index (χ2v) is 3.96. The summed E-state index contributed by atoms with van der Waals surface area (Å²) in [5, 5.41) is 0. The molecule has 0 rings (SSSR count). The summed E-state index contributed by atoms with van der Waals surface area (Å²) >= 11 is 0. The molecule has 0 heterocycles. The molecule has 0 spiro atoms. The summed E-state index contributed by atoms with van der Waals surface area (Å²) in [7, 11) is 0. The molecule has 0 aromatic carbocycles. The Kier molecular flexibility index (Phi) is 3.70. The first kappa shape index (κ1) is 9.74. The van der Waals surface area contributed by atoms with E-state index in [9.17, 15) is 0 Å². The van der Waals surface area contributed by atoms with E-state index in [4.69, 9.17) is 0 Å². The van der Waals surface area contributed by atoms with Crippen molar-refractivity contribution in [2.75, 3.05) is 0 Å². The van der Waals surface area contributed by atoms with E-state index in [-0.39, 0.29) is 0 Å². The van der Waals surface area contributed by atoms with Crippen molar-refractivity contribution in [3.05, 3.63) is 11.6 Å². The highest BCUT2D eigenvalue weighted by molar-refractivity contribution is 5.01.